The molecule has 0 aliphatic rings. The summed E-state index contributed by atoms with van der Waals surface area (Å²) in [6.45, 7) is 0. The molecule has 0 fully saturated rings. The number of thioether (sulfide) groups is 1. The first-order chi connectivity index (χ1) is 9.63. The molecular weight excluding hydrogens is 368 g/mol. The summed E-state index contributed by atoms with van der Waals surface area (Å²) in [6.07, 6.45) is 1.68. The maximum absolute atomic E-state index is 13.5. The quantitative estimate of drug-likeness (QED) is 0.503. The Kier molecular flexibility index (Phi) is 3.95. The topological polar surface area (TPSA) is 38.7 Å². The fourth-order valence-corrected chi connectivity index (χ4v) is 3.65. The van der Waals surface area contributed by atoms with Crippen LogP contribution in [-0.4, -0.2) is 15.0 Å². The number of aromatic nitrogens is 3. The zero-order valence-electron chi connectivity index (χ0n) is 9.81. The van der Waals surface area contributed by atoms with Crippen LogP contribution in [0.4, 0.5) is 8.78 Å². The summed E-state index contributed by atoms with van der Waals surface area (Å²) in [7, 11) is 0. The summed E-state index contributed by atoms with van der Waals surface area (Å²) in [6, 6.07) is 4.12. The van der Waals surface area contributed by atoms with E-state index in [-0.39, 0.29) is 11.3 Å². The third-order valence-corrected chi connectivity index (χ3v) is 4.83. The highest BCUT2D eigenvalue weighted by molar-refractivity contribution is 9.11. The number of hydrogen-bond donors (Lipinski definition) is 0. The second-order valence-corrected chi connectivity index (χ2v) is 7.06. The van der Waals surface area contributed by atoms with Crippen molar-refractivity contribution in [2.45, 2.75) is 10.9 Å². The normalized spacial score (nSPS) is 11.2. The summed E-state index contributed by atoms with van der Waals surface area (Å²) in [5.74, 6) is -1.40. The zero-order chi connectivity index (χ0) is 14.1. The number of nitrogens with zero attached hydrogens (tertiary/aromatic N) is 3. The Balaban J connectivity index is 1.81. The van der Waals surface area contributed by atoms with Crippen molar-refractivity contribution in [3.63, 3.8) is 0 Å². The Labute approximate surface area is 129 Å². The average molecular weight is 374 g/mol. The first-order valence-electron chi connectivity index (χ1n) is 5.48. The highest BCUT2D eigenvalue weighted by atomic mass is 79.9. The number of thiazole rings is 1. The number of benzene rings is 1. The van der Waals surface area contributed by atoms with Gasteiger partial charge in [-0.25, -0.2) is 23.7 Å². The highest BCUT2D eigenvalue weighted by Gasteiger charge is 2.10. The SMILES string of the molecule is Fc1cccc(CSc2ncc3sc(Br)nc3n2)c1F. The smallest absolute Gasteiger partial charge is 0.189 e. The molecule has 0 N–H and O–H groups in total. The van der Waals surface area contributed by atoms with Crippen molar-refractivity contribution in [3.8, 4) is 0 Å². The van der Waals surface area contributed by atoms with E-state index in [2.05, 4.69) is 30.9 Å². The predicted molar refractivity (Wildman–Crippen MR) is 78.8 cm³/mol. The van der Waals surface area contributed by atoms with Crippen LogP contribution in [0.5, 0.6) is 0 Å². The van der Waals surface area contributed by atoms with Crippen LogP contribution in [0.25, 0.3) is 10.3 Å². The molecule has 20 heavy (non-hydrogen) atoms. The largest absolute Gasteiger partial charge is 0.229 e. The molecular formula is C12H6BrF2N3S2. The molecule has 0 saturated carbocycles. The molecule has 2 aromatic heterocycles. The van der Waals surface area contributed by atoms with Gasteiger partial charge >= 0.3 is 0 Å². The van der Waals surface area contributed by atoms with Gasteiger partial charge in [0.15, 0.2) is 26.4 Å². The molecule has 0 atom stereocenters. The van der Waals surface area contributed by atoms with Gasteiger partial charge in [-0.05, 0) is 22.0 Å². The highest BCUT2D eigenvalue weighted by Crippen LogP contribution is 2.27. The Morgan fingerprint density at radius 2 is 2.10 bits per heavy atom. The van der Waals surface area contributed by atoms with Gasteiger partial charge in [0.1, 0.15) is 0 Å². The van der Waals surface area contributed by atoms with E-state index < -0.39 is 11.6 Å². The number of rotatable bonds is 3. The van der Waals surface area contributed by atoms with E-state index in [1.54, 1.807) is 12.3 Å². The summed E-state index contributed by atoms with van der Waals surface area (Å²) in [5.41, 5.74) is 0.886. The zero-order valence-corrected chi connectivity index (χ0v) is 13.0. The van der Waals surface area contributed by atoms with Gasteiger partial charge in [0.05, 0.1) is 10.9 Å². The fraction of sp³-hybridized carbons (Fsp3) is 0.0833. The van der Waals surface area contributed by atoms with Crippen molar-refractivity contribution < 1.29 is 8.78 Å². The van der Waals surface area contributed by atoms with E-state index in [1.807, 2.05) is 0 Å². The molecule has 0 bridgehead atoms. The average Bonchev–Trinajstić information content (AvgIpc) is 2.79. The van der Waals surface area contributed by atoms with Crippen molar-refractivity contribution in [3.05, 3.63) is 45.5 Å². The van der Waals surface area contributed by atoms with Crippen LogP contribution >= 0.6 is 39.0 Å². The summed E-state index contributed by atoms with van der Waals surface area (Å²) in [4.78, 5) is 12.6. The van der Waals surface area contributed by atoms with E-state index in [0.29, 0.717) is 10.8 Å². The Morgan fingerprint density at radius 1 is 1.25 bits per heavy atom. The monoisotopic (exact) mass is 373 g/mol. The van der Waals surface area contributed by atoms with Gasteiger partial charge in [-0.1, -0.05) is 23.9 Å². The van der Waals surface area contributed by atoms with Crippen molar-refractivity contribution >= 4 is 49.4 Å². The van der Waals surface area contributed by atoms with Crippen molar-refractivity contribution in [1.82, 2.24) is 15.0 Å². The van der Waals surface area contributed by atoms with Crippen LogP contribution < -0.4 is 0 Å². The summed E-state index contributed by atoms with van der Waals surface area (Å²) in [5, 5.41) is 0.485. The Morgan fingerprint density at radius 3 is 2.95 bits per heavy atom. The van der Waals surface area contributed by atoms with E-state index in [1.165, 1.54) is 29.2 Å². The van der Waals surface area contributed by atoms with Gasteiger partial charge in [-0.15, -0.1) is 11.3 Å². The molecule has 0 spiro atoms. The van der Waals surface area contributed by atoms with E-state index in [9.17, 15) is 8.78 Å². The maximum Gasteiger partial charge on any atom is 0.189 e. The van der Waals surface area contributed by atoms with Crippen LogP contribution in [0.3, 0.4) is 0 Å². The number of halogens is 3. The molecule has 1 aromatic carbocycles. The van der Waals surface area contributed by atoms with Gasteiger partial charge in [-0.2, -0.15) is 0 Å². The molecule has 102 valence electrons. The van der Waals surface area contributed by atoms with Crippen LogP contribution in [-0.2, 0) is 5.75 Å². The van der Waals surface area contributed by atoms with Crippen LogP contribution in [0, 0.1) is 11.6 Å². The minimum absolute atomic E-state index is 0.264. The van der Waals surface area contributed by atoms with Gasteiger partial charge in [0.2, 0.25) is 0 Å². The maximum atomic E-state index is 13.5. The number of hydrogen-bond acceptors (Lipinski definition) is 5. The molecule has 0 unspecified atom stereocenters. The third kappa shape index (κ3) is 2.82. The van der Waals surface area contributed by atoms with Crippen molar-refractivity contribution in [2.75, 3.05) is 0 Å². The van der Waals surface area contributed by atoms with Gasteiger partial charge in [0.25, 0.3) is 0 Å². The van der Waals surface area contributed by atoms with Crippen LogP contribution in [0.1, 0.15) is 5.56 Å². The lowest BCUT2D eigenvalue weighted by Gasteiger charge is -2.02. The number of fused-ring (bicyclic) bond motifs is 1. The molecule has 3 nitrogen and oxygen atoms in total. The standard InChI is InChI=1S/C12H6BrF2N3S2/c13-11-17-10-8(20-11)4-16-12(18-10)19-5-6-2-1-3-7(14)9(6)15/h1-4H,5H2. The summed E-state index contributed by atoms with van der Waals surface area (Å²) >= 11 is 5.97. The molecule has 0 radical (unpaired) electrons. The molecule has 2 heterocycles. The second kappa shape index (κ2) is 5.71. The molecule has 0 amide bonds. The minimum atomic E-state index is -0.845. The van der Waals surface area contributed by atoms with Gasteiger partial charge in [0, 0.05) is 11.3 Å². The van der Waals surface area contributed by atoms with Gasteiger partial charge in [-0.3, -0.25) is 0 Å². The molecule has 0 aliphatic heterocycles. The fourth-order valence-electron chi connectivity index (χ4n) is 1.57. The lowest BCUT2D eigenvalue weighted by Crippen LogP contribution is -1.93. The second-order valence-electron chi connectivity index (χ2n) is 3.81. The van der Waals surface area contributed by atoms with E-state index in [4.69, 9.17) is 0 Å². The predicted octanol–water partition coefficient (Wildman–Crippen LogP) is 4.42. The molecule has 0 saturated heterocycles. The van der Waals surface area contributed by atoms with Crippen molar-refractivity contribution in [2.24, 2.45) is 0 Å². The van der Waals surface area contributed by atoms with Gasteiger partial charge < -0.3 is 0 Å². The van der Waals surface area contributed by atoms with Crippen molar-refractivity contribution in [1.29, 1.82) is 0 Å². The minimum Gasteiger partial charge on any atom is -0.229 e. The van der Waals surface area contributed by atoms with Crippen LogP contribution in [0.2, 0.25) is 0 Å². The molecule has 3 rings (SSSR count). The Bertz CT molecular complexity index is 778. The van der Waals surface area contributed by atoms with E-state index in [0.717, 1.165) is 14.7 Å². The lowest BCUT2D eigenvalue weighted by atomic mass is 10.2. The Hall–Kier alpha value is -1.12. The lowest BCUT2D eigenvalue weighted by molar-refractivity contribution is 0.502. The molecule has 8 heteroatoms. The molecule has 0 aliphatic carbocycles. The first kappa shape index (κ1) is 13.8. The third-order valence-electron chi connectivity index (χ3n) is 2.49. The molecule has 3 aromatic rings. The van der Waals surface area contributed by atoms with E-state index >= 15 is 0 Å². The first-order valence-corrected chi connectivity index (χ1v) is 8.08. The van der Waals surface area contributed by atoms with Crippen LogP contribution in [0.15, 0.2) is 33.5 Å². The summed E-state index contributed by atoms with van der Waals surface area (Å²) < 4.78 is 28.2.